The Morgan fingerprint density at radius 3 is 2.15 bits per heavy atom. The molecule has 4 aliphatic rings. The summed E-state index contributed by atoms with van der Waals surface area (Å²) in [5, 5.41) is 13.4. The SMILES string of the molecule is COc1ccc(C23C(=O)N(Nc4ccc(Cl)cc4Cl)C(=O)C2CC2C(=CCC4C(=O)N(C(C)(C)C)C(=O)C42)C3c2c(O)cc(OC)cc2OC)cc1. The van der Waals surface area contributed by atoms with E-state index >= 15 is 4.79 Å². The van der Waals surface area contributed by atoms with Gasteiger partial charge in [0.25, 0.3) is 11.8 Å². The van der Waals surface area contributed by atoms with Crippen molar-refractivity contribution >= 4 is 52.5 Å². The Labute approximate surface area is 311 Å². The van der Waals surface area contributed by atoms with Crippen LogP contribution in [0.4, 0.5) is 5.69 Å². The third-order valence-electron chi connectivity index (χ3n) is 11.1. The van der Waals surface area contributed by atoms with E-state index in [2.05, 4.69) is 5.43 Å². The molecule has 0 spiro atoms. The predicted molar refractivity (Wildman–Crippen MR) is 193 cm³/mol. The van der Waals surface area contributed by atoms with Crippen molar-refractivity contribution in [3.63, 3.8) is 0 Å². The second-order valence-electron chi connectivity index (χ2n) is 14.7. The first-order chi connectivity index (χ1) is 24.7. The van der Waals surface area contributed by atoms with Gasteiger partial charge in [-0.1, -0.05) is 47.0 Å². The molecule has 0 radical (unpaired) electrons. The molecule has 4 amide bonds. The number of carbonyl (C=O) groups excluding carboxylic acids is 4. The monoisotopic (exact) mass is 747 g/mol. The van der Waals surface area contributed by atoms with E-state index in [0.29, 0.717) is 27.7 Å². The summed E-state index contributed by atoms with van der Waals surface area (Å²) < 4.78 is 16.8. The molecule has 11 nitrogen and oxygen atoms in total. The quantitative estimate of drug-likeness (QED) is 0.205. The second kappa shape index (κ2) is 12.7. The van der Waals surface area contributed by atoms with Gasteiger partial charge in [-0.2, -0.15) is 5.01 Å². The topological polar surface area (TPSA) is 135 Å². The van der Waals surface area contributed by atoms with E-state index in [9.17, 15) is 19.5 Å². The van der Waals surface area contributed by atoms with Gasteiger partial charge in [0.15, 0.2) is 0 Å². The van der Waals surface area contributed by atoms with Crippen LogP contribution < -0.4 is 19.6 Å². The Kier molecular flexibility index (Phi) is 8.73. The lowest BCUT2D eigenvalue weighted by molar-refractivity contribution is -0.146. The number of allylic oxidation sites excluding steroid dienone is 2. The van der Waals surface area contributed by atoms with Gasteiger partial charge in [-0.25, -0.2) is 0 Å². The first kappa shape index (κ1) is 35.7. The van der Waals surface area contributed by atoms with E-state index in [1.165, 1.54) is 38.4 Å². The normalized spacial score (nSPS) is 26.8. The summed E-state index contributed by atoms with van der Waals surface area (Å²) >= 11 is 12.7. The standard InChI is InChI=1S/C39H39Cl2N3O8/c1-38(2,3)43-34(46)24-13-12-23-25(31(24)36(43)48)18-26-35(47)44(42-28-14-9-20(40)15-27(28)41)37(49)39(26,19-7-10-21(50-4)11-8-19)33(23)32-29(45)16-22(51-5)17-30(32)52-6/h7-12,14-17,24-26,31,33,42,45H,13,18H2,1-6H3. The molecule has 2 aliphatic carbocycles. The molecule has 13 heteroatoms. The molecule has 2 heterocycles. The van der Waals surface area contributed by atoms with Crippen LogP contribution in [0.5, 0.6) is 23.0 Å². The van der Waals surface area contributed by atoms with E-state index in [-0.39, 0.29) is 52.4 Å². The van der Waals surface area contributed by atoms with E-state index < -0.39 is 52.4 Å². The lowest BCUT2D eigenvalue weighted by Crippen LogP contribution is -2.53. The summed E-state index contributed by atoms with van der Waals surface area (Å²) in [7, 11) is 4.43. The number of amides is 4. The largest absolute Gasteiger partial charge is 0.507 e. The van der Waals surface area contributed by atoms with Crippen LogP contribution >= 0.6 is 23.2 Å². The third kappa shape index (κ3) is 5.15. The average Bonchev–Trinajstić information content (AvgIpc) is 3.50. The number of phenolic OH excluding ortho intramolecular Hbond substituents is 1. The lowest BCUT2D eigenvalue weighted by Gasteiger charge is -2.50. The van der Waals surface area contributed by atoms with Gasteiger partial charge in [0.1, 0.15) is 23.0 Å². The lowest BCUT2D eigenvalue weighted by atomic mass is 9.49. The number of hydrogen-bond donors (Lipinski definition) is 2. The molecule has 0 aromatic heterocycles. The van der Waals surface area contributed by atoms with Crippen LogP contribution in [0.2, 0.25) is 10.0 Å². The van der Waals surface area contributed by atoms with Gasteiger partial charge in [-0.3, -0.25) is 29.5 Å². The van der Waals surface area contributed by atoms with E-state index in [4.69, 9.17) is 37.4 Å². The summed E-state index contributed by atoms with van der Waals surface area (Å²) in [6, 6.07) is 14.6. The van der Waals surface area contributed by atoms with Crippen LogP contribution in [-0.4, -0.2) is 65.5 Å². The number of aromatic hydroxyl groups is 1. The number of fused-ring (bicyclic) bond motifs is 4. The summed E-state index contributed by atoms with van der Waals surface area (Å²) in [4.78, 5) is 60.0. The maximum atomic E-state index is 15.5. The molecule has 2 aliphatic heterocycles. The summed E-state index contributed by atoms with van der Waals surface area (Å²) in [6.07, 6.45) is 2.22. The van der Waals surface area contributed by atoms with Gasteiger partial charge in [-0.05, 0) is 75.4 Å². The van der Waals surface area contributed by atoms with Crippen LogP contribution in [-0.2, 0) is 24.6 Å². The number of methoxy groups -OCH3 is 3. The highest BCUT2D eigenvalue weighted by Crippen LogP contribution is 2.66. The first-order valence-corrected chi connectivity index (χ1v) is 17.7. The molecule has 3 aromatic carbocycles. The van der Waals surface area contributed by atoms with Gasteiger partial charge >= 0.3 is 0 Å². The van der Waals surface area contributed by atoms with Gasteiger partial charge in [0.2, 0.25) is 11.8 Å². The van der Waals surface area contributed by atoms with Crippen molar-refractivity contribution in [3.8, 4) is 23.0 Å². The van der Waals surface area contributed by atoms with E-state index in [1.54, 1.807) is 42.5 Å². The Bertz CT molecular complexity index is 2040. The van der Waals surface area contributed by atoms with Gasteiger partial charge in [0, 0.05) is 34.2 Å². The zero-order chi connectivity index (χ0) is 37.4. The number of phenols is 1. The molecule has 6 atom stereocenters. The van der Waals surface area contributed by atoms with Crippen molar-refractivity contribution in [2.75, 3.05) is 26.8 Å². The molecule has 7 rings (SSSR count). The number of halogens is 2. The minimum absolute atomic E-state index is 0.0723. The van der Waals surface area contributed by atoms with Crippen molar-refractivity contribution in [3.05, 3.63) is 87.4 Å². The molecule has 6 unspecified atom stereocenters. The third-order valence-corrected chi connectivity index (χ3v) is 11.6. The molecule has 2 saturated heterocycles. The highest BCUT2D eigenvalue weighted by atomic mass is 35.5. The number of nitrogens with one attached hydrogen (secondary N) is 1. The van der Waals surface area contributed by atoms with Gasteiger partial charge < -0.3 is 19.3 Å². The Morgan fingerprint density at radius 2 is 1.54 bits per heavy atom. The van der Waals surface area contributed by atoms with Gasteiger partial charge in [0.05, 0.1) is 55.2 Å². The molecule has 272 valence electrons. The van der Waals surface area contributed by atoms with E-state index in [0.717, 1.165) is 5.01 Å². The number of hydrogen-bond acceptors (Lipinski definition) is 9. The Balaban J connectivity index is 1.51. The number of likely N-dealkylation sites (tertiary alicyclic amines) is 1. The second-order valence-corrected chi connectivity index (χ2v) is 15.5. The molecule has 0 bridgehead atoms. The number of rotatable bonds is 7. The van der Waals surface area contributed by atoms with Crippen LogP contribution in [0.15, 0.2) is 66.2 Å². The zero-order valence-corrected chi connectivity index (χ0v) is 31.0. The van der Waals surface area contributed by atoms with Crippen molar-refractivity contribution in [2.24, 2.45) is 23.7 Å². The number of carbonyl (C=O) groups is 4. The van der Waals surface area contributed by atoms with Crippen molar-refractivity contribution in [1.82, 2.24) is 9.91 Å². The van der Waals surface area contributed by atoms with Crippen LogP contribution in [0.1, 0.15) is 50.7 Å². The minimum atomic E-state index is -1.68. The fourth-order valence-electron chi connectivity index (χ4n) is 8.98. The van der Waals surface area contributed by atoms with Crippen LogP contribution in [0.25, 0.3) is 0 Å². The average molecular weight is 749 g/mol. The summed E-state index contributed by atoms with van der Waals surface area (Å²) in [6.45, 7) is 5.45. The molecular weight excluding hydrogens is 709 g/mol. The van der Waals surface area contributed by atoms with Crippen molar-refractivity contribution in [2.45, 2.75) is 50.5 Å². The zero-order valence-electron chi connectivity index (χ0n) is 29.5. The van der Waals surface area contributed by atoms with Crippen molar-refractivity contribution < 1.29 is 38.5 Å². The number of ether oxygens (including phenoxy) is 3. The summed E-state index contributed by atoms with van der Waals surface area (Å²) in [5.41, 5.74) is 2.18. The maximum absolute atomic E-state index is 15.5. The Morgan fingerprint density at radius 1 is 0.846 bits per heavy atom. The first-order valence-electron chi connectivity index (χ1n) is 17.0. The van der Waals surface area contributed by atoms with E-state index in [1.807, 2.05) is 26.8 Å². The molecule has 3 fully saturated rings. The molecule has 1 saturated carbocycles. The fraction of sp³-hybridized carbons (Fsp3) is 0.385. The number of imide groups is 2. The number of anilines is 1. The number of nitrogens with zero attached hydrogens (tertiary/aromatic N) is 2. The highest BCUT2D eigenvalue weighted by molar-refractivity contribution is 6.36. The van der Waals surface area contributed by atoms with Crippen LogP contribution in [0, 0.1) is 23.7 Å². The predicted octanol–water partition coefficient (Wildman–Crippen LogP) is 6.51. The van der Waals surface area contributed by atoms with Crippen LogP contribution in [0.3, 0.4) is 0 Å². The smallest absolute Gasteiger partial charge is 0.260 e. The molecule has 2 N–H and O–H groups in total. The molecular formula is C39H39Cl2N3O8. The van der Waals surface area contributed by atoms with Crippen molar-refractivity contribution in [1.29, 1.82) is 0 Å². The van der Waals surface area contributed by atoms with Gasteiger partial charge in [-0.15, -0.1) is 0 Å². The summed E-state index contributed by atoms with van der Waals surface area (Å²) in [5.74, 6) is -5.09. The molecule has 52 heavy (non-hydrogen) atoms. The maximum Gasteiger partial charge on any atom is 0.260 e. The number of hydrazine groups is 1. The highest BCUT2D eigenvalue weighted by Gasteiger charge is 2.71. The fourth-order valence-corrected chi connectivity index (χ4v) is 9.43. The molecule has 3 aromatic rings. The number of benzene rings is 3. The minimum Gasteiger partial charge on any atom is -0.507 e. The Hall–Kier alpha value is -4.74.